The van der Waals surface area contributed by atoms with Crippen molar-refractivity contribution in [1.82, 2.24) is 5.32 Å². The summed E-state index contributed by atoms with van der Waals surface area (Å²) < 4.78 is 0. The Hall–Kier alpha value is -0.370. The number of hydrogen-bond donors (Lipinski definition) is 1. The minimum atomic E-state index is -0.00681. The number of hydrogen-bond acceptors (Lipinski definition) is 2. The molecule has 1 aliphatic heterocycles. The number of piperidine rings is 1. The Morgan fingerprint density at radius 2 is 2.27 bits per heavy atom. The number of carbonyl (C=O) groups is 1. The number of ketones is 1. The first kappa shape index (κ1) is 11.1. The first-order valence-corrected chi connectivity index (χ1v) is 6.51. The van der Waals surface area contributed by atoms with Gasteiger partial charge in [0.2, 0.25) is 0 Å². The van der Waals surface area contributed by atoms with E-state index in [4.69, 9.17) is 0 Å². The summed E-state index contributed by atoms with van der Waals surface area (Å²) in [5.74, 6) is 1.42. The molecule has 2 aliphatic rings. The standard InChI is InChI=1S/C13H23NO/c1-2-13(8-3-9-14-10-13)12(15)7-6-11-4-5-11/h11,14H,2-10H2,1H3. The molecule has 0 aromatic rings. The molecular formula is C13H23NO. The molecule has 1 heterocycles. The SMILES string of the molecule is CCC1(C(=O)CCC2CC2)CCCNC1. The summed E-state index contributed by atoms with van der Waals surface area (Å²) in [5, 5.41) is 3.39. The molecule has 2 heteroatoms. The minimum absolute atomic E-state index is 0.00681. The zero-order chi connectivity index (χ0) is 10.7. The maximum atomic E-state index is 12.2. The van der Waals surface area contributed by atoms with Crippen molar-refractivity contribution in [2.75, 3.05) is 13.1 Å². The molecule has 86 valence electrons. The van der Waals surface area contributed by atoms with Crippen LogP contribution in [0.3, 0.4) is 0 Å². The van der Waals surface area contributed by atoms with Crippen molar-refractivity contribution < 1.29 is 4.79 Å². The maximum Gasteiger partial charge on any atom is 0.140 e. The molecule has 0 amide bonds. The van der Waals surface area contributed by atoms with Crippen molar-refractivity contribution in [3.8, 4) is 0 Å². The first-order chi connectivity index (χ1) is 7.27. The van der Waals surface area contributed by atoms with E-state index in [0.29, 0.717) is 5.78 Å². The third kappa shape index (κ3) is 2.60. The fraction of sp³-hybridized carbons (Fsp3) is 0.923. The number of Topliss-reactive ketones (excluding diaryl/α,β-unsaturated/α-hetero) is 1. The van der Waals surface area contributed by atoms with Gasteiger partial charge in [0.1, 0.15) is 5.78 Å². The molecule has 0 aromatic heterocycles. The van der Waals surface area contributed by atoms with Crippen molar-refractivity contribution in [2.24, 2.45) is 11.3 Å². The van der Waals surface area contributed by atoms with Crippen LogP contribution in [0.5, 0.6) is 0 Å². The highest BCUT2D eigenvalue weighted by molar-refractivity contribution is 5.85. The molecule has 1 N–H and O–H groups in total. The van der Waals surface area contributed by atoms with Gasteiger partial charge in [-0.1, -0.05) is 19.8 Å². The van der Waals surface area contributed by atoms with Gasteiger partial charge in [0.25, 0.3) is 0 Å². The molecule has 1 saturated heterocycles. The van der Waals surface area contributed by atoms with E-state index in [0.717, 1.165) is 44.7 Å². The van der Waals surface area contributed by atoms with Gasteiger partial charge in [-0.3, -0.25) is 4.79 Å². The van der Waals surface area contributed by atoms with E-state index >= 15 is 0 Å². The van der Waals surface area contributed by atoms with E-state index in [1.165, 1.54) is 19.3 Å². The van der Waals surface area contributed by atoms with Gasteiger partial charge < -0.3 is 5.32 Å². The topological polar surface area (TPSA) is 29.1 Å². The van der Waals surface area contributed by atoms with E-state index < -0.39 is 0 Å². The zero-order valence-electron chi connectivity index (χ0n) is 9.85. The lowest BCUT2D eigenvalue weighted by Crippen LogP contribution is -2.45. The molecule has 1 atom stereocenters. The van der Waals surface area contributed by atoms with E-state index in [9.17, 15) is 4.79 Å². The Morgan fingerprint density at radius 3 is 2.80 bits per heavy atom. The predicted octanol–water partition coefficient (Wildman–Crippen LogP) is 2.53. The molecule has 1 unspecified atom stereocenters. The first-order valence-electron chi connectivity index (χ1n) is 6.51. The van der Waals surface area contributed by atoms with Gasteiger partial charge in [-0.25, -0.2) is 0 Å². The average Bonchev–Trinajstić information content (AvgIpc) is 3.10. The highest BCUT2D eigenvalue weighted by atomic mass is 16.1. The van der Waals surface area contributed by atoms with Crippen LogP contribution in [0, 0.1) is 11.3 Å². The Kier molecular flexibility index (Phi) is 3.45. The monoisotopic (exact) mass is 209 g/mol. The molecule has 0 spiro atoms. The predicted molar refractivity (Wildman–Crippen MR) is 61.8 cm³/mol. The van der Waals surface area contributed by atoms with Gasteiger partial charge in [0.15, 0.2) is 0 Å². The summed E-state index contributed by atoms with van der Waals surface area (Å²) in [4.78, 5) is 12.2. The Morgan fingerprint density at radius 1 is 1.47 bits per heavy atom. The van der Waals surface area contributed by atoms with Crippen LogP contribution < -0.4 is 5.32 Å². The quantitative estimate of drug-likeness (QED) is 0.754. The van der Waals surface area contributed by atoms with Gasteiger partial charge >= 0.3 is 0 Å². The summed E-state index contributed by atoms with van der Waals surface area (Å²) in [6.45, 7) is 4.19. The van der Waals surface area contributed by atoms with Crippen LogP contribution in [0.15, 0.2) is 0 Å². The summed E-state index contributed by atoms with van der Waals surface area (Å²) in [5.41, 5.74) is -0.00681. The lowest BCUT2D eigenvalue weighted by Gasteiger charge is -2.35. The third-order valence-corrected chi connectivity index (χ3v) is 4.22. The van der Waals surface area contributed by atoms with Crippen molar-refractivity contribution in [2.45, 2.75) is 51.9 Å². The van der Waals surface area contributed by atoms with Gasteiger partial charge in [0, 0.05) is 18.4 Å². The molecule has 2 rings (SSSR count). The van der Waals surface area contributed by atoms with E-state index in [-0.39, 0.29) is 5.41 Å². The number of carbonyl (C=O) groups excluding carboxylic acids is 1. The average molecular weight is 209 g/mol. The van der Waals surface area contributed by atoms with Gasteiger partial charge in [-0.05, 0) is 38.1 Å². The number of nitrogens with one attached hydrogen (secondary N) is 1. The van der Waals surface area contributed by atoms with Crippen molar-refractivity contribution in [3.63, 3.8) is 0 Å². The molecule has 15 heavy (non-hydrogen) atoms. The Labute approximate surface area is 92.8 Å². The fourth-order valence-electron chi connectivity index (χ4n) is 2.71. The molecule has 0 aromatic carbocycles. The van der Waals surface area contributed by atoms with Crippen molar-refractivity contribution >= 4 is 5.78 Å². The second-order valence-corrected chi connectivity index (χ2v) is 5.32. The highest BCUT2D eigenvalue weighted by Gasteiger charge is 2.37. The van der Waals surface area contributed by atoms with Gasteiger partial charge in [0.05, 0.1) is 0 Å². The van der Waals surface area contributed by atoms with E-state index in [2.05, 4.69) is 12.2 Å². The lowest BCUT2D eigenvalue weighted by molar-refractivity contribution is -0.130. The van der Waals surface area contributed by atoms with E-state index in [1.54, 1.807) is 0 Å². The zero-order valence-corrected chi connectivity index (χ0v) is 9.85. The van der Waals surface area contributed by atoms with Gasteiger partial charge in [-0.15, -0.1) is 0 Å². The lowest BCUT2D eigenvalue weighted by atomic mass is 9.73. The summed E-state index contributed by atoms with van der Waals surface area (Å²) >= 11 is 0. The second-order valence-electron chi connectivity index (χ2n) is 5.32. The van der Waals surface area contributed by atoms with Crippen molar-refractivity contribution in [1.29, 1.82) is 0 Å². The molecular weight excluding hydrogens is 186 g/mol. The maximum absolute atomic E-state index is 12.2. The van der Waals surface area contributed by atoms with Crippen LogP contribution in [0.2, 0.25) is 0 Å². The summed E-state index contributed by atoms with van der Waals surface area (Å²) in [6.07, 6.45) is 8.02. The van der Waals surface area contributed by atoms with Crippen LogP contribution in [-0.4, -0.2) is 18.9 Å². The summed E-state index contributed by atoms with van der Waals surface area (Å²) in [6, 6.07) is 0. The van der Waals surface area contributed by atoms with Gasteiger partial charge in [-0.2, -0.15) is 0 Å². The normalized spacial score (nSPS) is 31.5. The summed E-state index contributed by atoms with van der Waals surface area (Å²) in [7, 11) is 0. The largest absolute Gasteiger partial charge is 0.316 e. The molecule has 2 fully saturated rings. The molecule has 0 radical (unpaired) electrons. The van der Waals surface area contributed by atoms with Crippen molar-refractivity contribution in [3.05, 3.63) is 0 Å². The minimum Gasteiger partial charge on any atom is -0.316 e. The molecule has 0 bridgehead atoms. The van der Waals surface area contributed by atoms with Crippen LogP contribution >= 0.6 is 0 Å². The molecule has 1 aliphatic carbocycles. The second kappa shape index (κ2) is 4.65. The van der Waals surface area contributed by atoms with Crippen LogP contribution in [0.25, 0.3) is 0 Å². The van der Waals surface area contributed by atoms with Crippen LogP contribution in [0.4, 0.5) is 0 Å². The molecule has 1 saturated carbocycles. The molecule has 2 nitrogen and oxygen atoms in total. The highest BCUT2D eigenvalue weighted by Crippen LogP contribution is 2.37. The Bertz CT molecular complexity index is 227. The van der Waals surface area contributed by atoms with Crippen LogP contribution in [-0.2, 0) is 4.79 Å². The van der Waals surface area contributed by atoms with Crippen LogP contribution in [0.1, 0.15) is 51.9 Å². The van der Waals surface area contributed by atoms with E-state index in [1.807, 2.05) is 0 Å². The Balaban J connectivity index is 1.87. The fourth-order valence-corrected chi connectivity index (χ4v) is 2.71. The smallest absolute Gasteiger partial charge is 0.140 e. The number of rotatable bonds is 5. The third-order valence-electron chi connectivity index (χ3n) is 4.22.